The zero-order valence-electron chi connectivity index (χ0n) is 10.3. The number of hydrogen-bond donors (Lipinski definition) is 0. The summed E-state index contributed by atoms with van der Waals surface area (Å²) in [6.45, 7) is 0.303. The van der Waals surface area contributed by atoms with Crippen LogP contribution >= 0.6 is 0 Å². The summed E-state index contributed by atoms with van der Waals surface area (Å²) in [6, 6.07) is 20.7. The minimum absolute atomic E-state index is 0.303. The Bertz CT molecular complexity index is 757. The second-order valence-electron chi connectivity index (χ2n) is 4.57. The second kappa shape index (κ2) is 4.02. The fourth-order valence-electron chi connectivity index (χ4n) is 2.60. The smallest absolute Gasteiger partial charge is 0.231 e. The molecular weight excluding hydrogens is 236 g/mol. The van der Waals surface area contributed by atoms with Crippen LogP contribution in [0.3, 0.4) is 0 Å². The molecule has 3 aromatic carbocycles. The molecule has 92 valence electrons. The van der Waals surface area contributed by atoms with E-state index in [1.807, 2.05) is 12.1 Å². The quantitative estimate of drug-likeness (QED) is 0.641. The summed E-state index contributed by atoms with van der Waals surface area (Å²) in [4.78, 5) is 0. The Balaban J connectivity index is 2.04. The van der Waals surface area contributed by atoms with Gasteiger partial charge in [0.25, 0.3) is 0 Å². The van der Waals surface area contributed by atoms with Crippen LogP contribution in [0, 0.1) is 0 Å². The minimum atomic E-state index is 0.303. The average Bonchev–Trinajstić information content (AvgIpc) is 2.95. The number of fused-ring (bicyclic) bond motifs is 2. The molecule has 0 saturated carbocycles. The Hall–Kier alpha value is -2.48. The van der Waals surface area contributed by atoms with Gasteiger partial charge in [0, 0.05) is 5.56 Å². The molecule has 2 heteroatoms. The molecule has 1 heterocycles. The lowest BCUT2D eigenvalue weighted by molar-refractivity contribution is 0.174. The predicted octanol–water partition coefficient (Wildman–Crippen LogP) is 4.24. The molecule has 0 atom stereocenters. The number of ether oxygens (including phenoxy) is 2. The summed E-state index contributed by atoms with van der Waals surface area (Å²) in [7, 11) is 0. The van der Waals surface area contributed by atoms with E-state index < -0.39 is 0 Å². The highest BCUT2D eigenvalue weighted by atomic mass is 16.7. The number of rotatable bonds is 1. The van der Waals surface area contributed by atoms with Gasteiger partial charge in [0.15, 0.2) is 11.5 Å². The van der Waals surface area contributed by atoms with E-state index in [1.165, 1.54) is 16.3 Å². The summed E-state index contributed by atoms with van der Waals surface area (Å²) < 4.78 is 11.1. The topological polar surface area (TPSA) is 18.5 Å². The zero-order valence-corrected chi connectivity index (χ0v) is 10.3. The summed E-state index contributed by atoms with van der Waals surface area (Å²) >= 11 is 0. The van der Waals surface area contributed by atoms with Gasteiger partial charge in [0.2, 0.25) is 6.79 Å². The van der Waals surface area contributed by atoms with Crippen LogP contribution < -0.4 is 9.47 Å². The molecule has 0 aromatic heterocycles. The van der Waals surface area contributed by atoms with Crippen LogP contribution in [-0.4, -0.2) is 6.79 Å². The molecule has 0 aliphatic carbocycles. The maximum Gasteiger partial charge on any atom is 0.231 e. The van der Waals surface area contributed by atoms with Gasteiger partial charge in [-0.05, 0) is 22.4 Å². The van der Waals surface area contributed by atoms with Gasteiger partial charge in [-0.2, -0.15) is 0 Å². The van der Waals surface area contributed by atoms with Crippen molar-refractivity contribution in [2.75, 3.05) is 6.79 Å². The van der Waals surface area contributed by atoms with Gasteiger partial charge in [-0.25, -0.2) is 0 Å². The minimum Gasteiger partial charge on any atom is -0.454 e. The van der Waals surface area contributed by atoms with Gasteiger partial charge in [0.05, 0.1) is 0 Å². The van der Waals surface area contributed by atoms with Crippen molar-refractivity contribution in [2.24, 2.45) is 0 Å². The van der Waals surface area contributed by atoms with Gasteiger partial charge in [-0.15, -0.1) is 0 Å². The maximum atomic E-state index is 5.61. The van der Waals surface area contributed by atoms with Crippen molar-refractivity contribution in [1.29, 1.82) is 0 Å². The molecule has 0 amide bonds. The van der Waals surface area contributed by atoms with Crippen LogP contribution in [0.4, 0.5) is 0 Å². The van der Waals surface area contributed by atoms with E-state index in [0.29, 0.717) is 6.79 Å². The molecule has 0 radical (unpaired) electrons. The lowest BCUT2D eigenvalue weighted by atomic mass is 9.97. The van der Waals surface area contributed by atoms with Crippen molar-refractivity contribution >= 4 is 10.8 Å². The molecular formula is C17H12O2. The molecule has 0 spiro atoms. The van der Waals surface area contributed by atoms with E-state index in [0.717, 1.165) is 17.1 Å². The third-order valence-corrected chi connectivity index (χ3v) is 3.48. The summed E-state index contributed by atoms with van der Waals surface area (Å²) in [5, 5.41) is 2.46. The van der Waals surface area contributed by atoms with E-state index in [1.54, 1.807) is 0 Å². The average molecular weight is 248 g/mol. The monoisotopic (exact) mass is 248 g/mol. The van der Waals surface area contributed by atoms with Crippen molar-refractivity contribution in [2.45, 2.75) is 0 Å². The van der Waals surface area contributed by atoms with Crippen LogP contribution in [-0.2, 0) is 0 Å². The van der Waals surface area contributed by atoms with Crippen molar-refractivity contribution < 1.29 is 9.47 Å². The first-order chi connectivity index (χ1) is 9.43. The Morgan fingerprint density at radius 2 is 1.47 bits per heavy atom. The van der Waals surface area contributed by atoms with Crippen LogP contribution in [0.1, 0.15) is 0 Å². The Morgan fingerprint density at radius 1 is 0.684 bits per heavy atom. The van der Waals surface area contributed by atoms with Crippen LogP contribution in [0.5, 0.6) is 11.5 Å². The molecule has 1 aliphatic heterocycles. The fraction of sp³-hybridized carbons (Fsp3) is 0.0588. The van der Waals surface area contributed by atoms with E-state index in [4.69, 9.17) is 9.47 Å². The highest BCUT2D eigenvalue weighted by molar-refractivity contribution is 5.98. The van der Waals surface area contributed by atoms with Crippen molar-refractivity contribution in [1.82, 2.24) is 0 Å². The van der Waals surface area contributed by atoms with Crippen molar-refractivity contribution in [3.63, 3.8) is 0 Å². The molecule has 0 unspecified atom stereocenters. The standard InChI is InChI=1S/C17H12O2/c1-2-7-13-12(5-1)6-3-8-14(13)15-9-4-10-16-17(15)19-11-18-16/h1-10H,11H2. The lowest BCUT2D eigenvalue weighted by Gasteiger charge is -2.09. The van der Waals surface area contributed by atoms with E-state index >= 15 is 0 Å². The Kier molecular flexibility index (Phi) is 2.21. The molecule has 0 N–H and O–H groups in total. The number of benzene rings is 3. The number of hydrogen-bond acceptors (Lipinski definition) is 2. The fourth-order valence-corrected chi connectivity index (χ4v) is 2.60. The molecule has 2 nitrogen and oxygen atoms in total. The Labute approximate surface area is 111 Å². The molecule has 0 saturated heterocycles. The van der Waals surface area contributed by atoms with Crippen LogP contribution in [0.25, 0.3) is 21.9 Å². The second-order valence-corrected chi connectivity index (χ2v) is 4.57. The first kappa shape index (κ1) is 10.4. The molecule has 19 heavy (non-hydrogen) atoms. The molecule has 3 aromatic rings. The van der Waals surface area contributed by atoms with Gasteiger partial charge in [0.1, 0.15) is 0 Å². The van der Waals surface area contributed by atoms with Gasteiger partial charge in [-0.1, -0.05) is 54.6 Å². The van der Waals surface area contributed by atoms with Gasteiger partial charge in [-0.3, -0.25) is 0 Å². The van der Waals surface area contributed by atoms with Crippen LogP contribution in [0.2, 0.25) is 0 Å². The largest absolute Gasteiger partial charge is 0.454 e. The third-order valence-electron chi connectivity index (χ3n) is 3.48. The highest BCUT2D eigenvalue weighted by Gasteiger charge is 2.19. The third kappa shape index (κ3) is 1.57. The molecule has 0 fully saturated rings. The molecule has 4 rings (SSSR count). The normalized spacial score (nSPS) is 12.8. The zero-order chi connectivity index (χ0) is 12.7. The van der Waals surface area contributed by atoms with Gasteiger partial charge >= 0.3 is 0 Å². The molecule has 0 bridgehead atoms. The first-order valence-electron chi connectivity index (χ1n) is 6.30. The van der Waals surface area contributed by atoms with Crippen LogP contribution in [0.15, 0.2) is 60.7 Å². The highest BCUT2D eigenvalue weighted by Crippen LogP contribution is 2.43. The predicted molar refractivity (Wildman–Crippen MR) is 75.5 cm³/mol. The molecule has 1 aliphatic rings. The van der Waals surface area contributed by atoms with E-state index in [2.05, 4.69) is 48.5 Å². The van der Waals surface area contributed by atoms with Gasteiger partial charge < -0.3 is 9.47 Å². The first-order valence-corrected chi connectivity index (χ1v) is 6.30. The number of para-hydroxylation sites is 1. The van der Waals surface area contributed by atoms with Crippen molar-refractivity contribution in [3.8, 4) is 22.6 Å². The SMILES string of the molecule is c1cc2c(c(-c3cccc4ccccc34)c1)OCO2. The Morgan fingerprint density at radius 3 is 2.47 bits per heavy atom. The van der Waals surface area contributed by atoms with E-state index in [9.17, 15) is 0 Å². The van der Waals surface area contributed by atoms with E-state index in [-0.39, 0.29) is 0 Å². The lowest BCUT2D eigenvalue weighted by Crippen LogP contribution is -1.93. The summed E-state index contributed by atoms with van der Waals surface area (Å²) in [6.07, 6.45) is 0. The van der Waals surface area contributed by atoms with Crippen molar-refractivity contribution in [3.05, 3.63) is 60.7 Å². The summed E-state index contributed by atoms with van der Waals surface area (Å²) in [5.74, 6) is 1.67. The maximum absolute atomic E-state index is 5.61. The summed E-state index contributed by atoms with van der Waals surface area (Å²) in [5.41, 5.74) is 2.27.